The minimum Gasteiger partial charge on any atom is -0.346 e. The number of nitrogens with one attached hydrogen (secondary N) is 2. The Morgan fingerprint density at radius 1 is 0.964 bits per heavy atom. The second-order valence-electron chi connectivity index (χ2n) is 6.47. The number of pyridine rings is 1. The van der Waals surface area contributed by atoms with Crippen LogP contribution in [0.15, 0.2) is 60.8 Å². The summed E-state index contributed by atoms with van der Waals surface area (Å²) in [6, 6.07) is 16.0. The third kappa shape index (κ3) is 4.75. The quantitative estimate of drug-likeness (QED) is 0.668. The lowest BCUT2D eigenvalue weighted by Gasteiger charge is -2.11. The maximum Gasteiger partial charge on any atom is 0.255 e. The van der Waals surface area contributed by atoms with Crippen molar-refractivity contribution < 1.29 is 9.59 Å². The third-order valence-electron chi connectivity index (χ3n) is 4.25. The largest absolute Gasteiger partial charge is 0.346 e. The van der Waals surface area contributed by atoms with Gasteiger partial charge in [-0.15, -0.1) is 0 Å². The number of nitrogens with zero attached hydrogens (tertiary/aromatic N) is 1. The van der Waals surface area contributed by atoms with Crippen molar-refractivity contribution in [3.8, 4) is 0 Å². The molecule has 1 aromatic heterocycles. The fourth-order valence-corrected chi connectivity index (χ4v) is 3.08. The maximum absolute atomic E-state index is 12.5. The summed E-state index contributed by atoms with van der Waals surface area (Å²) < 4.78 is 0. The number of halogens is 1. The number of hydrogen-bond donors (Lipinski definition) is 2. The van der Waals surface area contributed by atoms with Crippen LogP contribution in [0.25, 0.3) is 0 Å². The summed E-state index contributed by atoms with van der Waals surface area (Å²) in [6.07, 6.45) is 1.67. The van der Waals surface area contributed by atoms with E-state index in [1.165, 1.54) is 0 Å². The molecular weight excluding hydrogens is 374 g/mol. The second kappa shape index (κ2) is 8.67. The van der Waals surface area contributed by atoms with Gasteiger partial charge >= 0.3 is 0 Å². The summed E-state index contributed by atoms with van der Waals surface area (Å²) in [5.74, 6) is -0.524. The Hall–Kier alpha value is -3.18. The molecule has 0 aliphatic heterocycles. The van der Waals surface area contributed by atoms with Gasteiger partial charge in [0.25, 0.3) is 11.8 Å². The molecule has 0 unspecified atom stereocenters. The summed E-state index contributed by atoms with van der Waals surface area (Å²) in [6.45, 7) is 4.18. The van der Waals surface area contributed by atoms with Crippen LogP contribution in [0.1, 0.15) is 37.5 Å². The van der Waals surface area contributed by atoms with Crippen LogP contribution in [-0.2, 0) is 6.54 Å². The monoisotopic (exact) mass is 393 g/mol. The van der Waals surface area contributed by atoms with Gasteiger partial charge in [-0.25, -0.2) is 0 Å². The number of hydrogen-bond acceptors (Lipinski definition) is 3. The van der Waals surface area contributed by atoms with Gasteiger partial charge in [-0.2, -0.15) is 0 Å². The van der Waals surface area contributed by atoms with Gasteiger partial charge in [-0.3, -0.25) is 14.6 Å². The molecule has 0 atom stereocenters. The molecule has 0 fully saturated rings. The first-order valence-corrected chi connectivity index (χ1v) is 9.18. The van der Waals surface area contributed by atoms with Crippen molar-refractivity contribution in [2.45, 2.75) is 20.4 Å². The Labute approximate surface area is 168 Å². The highest BCUT2D eigenvalue weighted by molar-refractivity contribution is 6.34. The lowest BCUT2D eigenvalue weighted by atomic mass is 10.1. The van der Waals surface area contributed by atoms with E-state index in [0.29, 0.717) is 23.4 Å². The molecule has 0 saturated heterocycles. The molecular formula is C22H20ClN3O2. The van der Waals surface area contributed by atoms with E-state index in [1.54, 1.807) is 30.5 Å². The maximum atomic E-state index is 12.5. The predicted octanol–water partition coefficient (Wildman–Crippen LogP) is 4.53. The van der Waals surface area contributed by atoms with Crippen molar-refractivity contribution in [2.24, 2.45) is 0 Å². The lowest BCUT2D eigenvalue weighted by Crippen LogP contribution is -2.23. The molecule has 1 heterocycles. The number of anilines is 1. The topological polar surface area (TPSA) is 71.1 Å². The molecule has 2 amide bonds. The average Bonchev–Trinajstić information content (AvgIpc) is 2.67. The molecule has 0 saturated carbocycles. The van der Waals surface area contributed by atoms with E-state index in [0.717, 1.165) is 16.8 Å². The average molecular weight is 394 g/mol. The normalized spacial score (nSPS) is 10.4. The highest BCUT2D eigenvalue weighted by Crippen LogP contribution is 2.22. The number of aryl methyl sites for hydroxylation is 2. The van der Waals surface area contributed by atoms with E-state index in [2.05, 4.69) is 15.6 Å². The molecule has 142 valence electrons. The van der Waals surface area contributed by atoms with Crippen LogP contribution in [-0.4, -0.2) is 16.8 Å². The first-order valence-electron chi connectivity index (χ1n) is 8.80. The highest BCUT2D eigenvalue weighted by Gasteiger charge is 2.13. The van der Waals surface area contributed by atoms with Crippen LogP contribution >= 0.6 is 11.6 Å². The molecule has 0 radical (unpaired) electrons. The molecule has 3 rings (SSSR count). The van der Waals surface area contributed by atoms with Gasteiger partial charge in [0, 0.05) is 17.4 Å². The summed E-state index contributed by atoms with van der Waals surface area (Å²) in [5, 5.41) is 5.86. The number of carbonyl (C=O) groups is 2. The zero-order valence-electron chi connectivity index (χ0n) is 15.6. The van der Waals surface area contributed by atoms with Crippen molar-refractivity contribution in [1.82, 2.24) is 10.3 Å². The van der Waals surface area contributed by atoms with Gasteiger partial charge in [-0.05, 0) is 55.8 Å². The van der Waals surface area contributed by atoms with E-state index < -0.39 is 0 Å². The van der Waals surface area contributed by atoms with Crippen LogP contribution in [0.2, 0.25) is 5.02 Å². The van der Waals surface area contributed by atoms with Gasteiger partial charge in [0.1, 0.15) is 0 Å². The number of carbonyl (C=O) groups excluding carboxylic acids is 2. The van der Waals surface area contributed by atoms with Gasteiger partial charge in [0.05, 0.1) is 22.8 Å². The summed E-state index contributed by atoms with van der Waals surface area (Å²) >= 11 is 6.26. The van der Waals surface area contributed by atoms with E-state index in [4.69, 9.17) is 11.6 Å². The molecule has 6 heteroatoms. The minimum atomic E-state index is -0.303. The Morgan fingerprint density at radius 3 is 2.43 bits per heavy atom. The minimum absolute atomic E-state index is 0.221. The van der Waals surface area contributed by atoms with Crippen molar-refractivity contribution in [1.29, 1.82) is 0 Å². The van der Waals surface area contributed by atoms with Gasteiger partial charge in [0.15, 0.2) is 0 Å². The third-order valence-corrected chi connectivity index (χ3v) is 4.57. The van der Waals surface area contributed by atoms with E-state index >= 15 is 0 Å². The standard InChI is InChI=1S/C22H20ClN3O2/c1-14-6-8-18(15(2)11-14)22(28)26-16-7-9-19(20(23)12-16)21(27)25-13-17-5-3-4-10-24-17/h3-12H,13H2,1-2H3,(H,25,27)(H,26,28). The molecule has 0 aliphatic rings. The van der Waals surface area contributed by atoms with Crippen LogP contribution in [0.3, 0.4) is 0 Å². The van der Waals surface area contributed by atoms with E-state index in [9.17, 15) is 9.59 Å². The van der Waals surface area contributed by atoms with Crippen LogP contribution in [0, 0.1) is 13.8 Å². The van der Waals surface area contributed by atoms with E-state index in [-0.39, 0.29) is 16.8 Å². The molecule has 28 heavy (non-hydrogen) atoms. The van der Waals surface area contributed by atoms with Crippen molar-refractivity contribution in [3.05, 3.63) is 93.8 Å². The van der Waals surface area contributed by atoms with Gasteiger partial charge in [-0.1, -0.05) is 35.4 Å². The predicted molar refractivity (Wildman–Crippen MR) is 111 cm³/mol. The number of amides is 2. The molecule has 2 N–H and O–H groups in total. The molecule has 0 spiro atoms. The summed E-state index contributed by atoms with van der Waals surface area (Å²) in [4.78, 5) is 29.0. The Balaban J connectivity index is 1.68. The first kappa shape index (κ1) is 19.6. The van der Waals surface area contributed by atoms with Gasteiger partial charge in [0.2, 0.25) is 0 Å². The zero-order chi connectivity index (χ0) is 20.1. The van der Waals surface area contributed by atoms with Crippen LogP contribution < -0.4 is 10.6 Å². The van der Waals surface area contributed by atoms with Crippen molar-refractivity contribution >= 4 is 29.1 Å². The van der Waals surface area contributed by atoms with Gasteiger partial charge < -0.3 is 10.6 Å². The summed E-state index contributed by atoms with van der Waals surface area (Å²) in [7, 11) is 0. The summed E-state index contributed by atoms with van der Waals surface area (Å²) in [5.41, 5.74) is 4.20. The van der Waals surface area contributed by atoms with E-state index in [1.807, 2.05) is 44.2 Å². The zero-order valence-corrected chi connectivity index (χ0v) is 16.4. The Kier molecular flexibility index (Phi) is 6.06. The Morgan fingerprint density at radius 2 is 1.75 bits per heavy atom. The lowest BCUT2D eigenvalue weighted by molar-refractivity contribution is 0.0950. The number of rotatable bonds is 5. The fourth-order valence-electron chi connectivity index (χ4n) is 2.81. The SMILES string of the molecule is Cc1ccc(C(=O)Nc2ccc(C(=O)NCc3ccccn3)c(Cl)c2)c(C)c1. The smallest absolute Gasteiger partial charge is 0.255 e. The van der Waals surface area contributed by atoms with Crippen molar-refractivity contribution in [3.63, 3.8) is 0 Å². The van der Waals surface area contributed by atoms with Crippen LogP contribution in [0.5, 0.6) is 0 Å². The Bertz CT molecular complexity index is 1020. The number of aromatic nitrogens is 1. The molecule has 2 aromatic carbocycles. The van der Waals surface area contributed by atoms with Crippen molar-refractivity contribution in [2.75, 3.05) is 5.32 Å². The molecule has 5 nitrogen and oxygen atoms in total. The fraction of sp³-hybridized carbons (Fsp3) is 0.136. The molecule has 0 aliphatic carbocycles. The molecule has 0 bridgehead atoms. The highest BCUT2D eigenvalue weighted by atomic mass is 35.5. The first-order chi connectivity index (χ1) is 13.4. The second-order valence-corrected chi connectivity index (χ2v) is 6.88. The van der Waals surface area contributed by atoms with Crippen LogP contribution in [0.4, 0.5) is 5.69 Å². The number of benzene rings is 2. The molecule has 3 aromatic rings.